The number of fused-ring (bicyclic) bond motifs is 2. The average molecular weight is 563 g/mol. The minimum atomic E-state index is -1.00. The molecule has 0 bridgehead atoms. The molecule has 4 aromatic carbocycles. The van der Waals surface area contributed by atoms with Crippen molar-refractivity contribution in [1.29, 1.82) is 0 Å². The lowest BCUT2D eigenvalue weighted by Gasteiger charge is -2.27. The topological polar surface area (TPSA) is 98.8 Å². The van der Waals surface area contributed by atoms with Gasteiger partial charge in [0.2, 0.25) is 5.91 Å². The van der Waals surface area contributed by atoms with Gasteiger partial charge in [0.15, 0.2) is 5.78 Å². The zero-order valence-corrected chi connectivity index (χ0v) is 24.2. The van der Waals surface area contributed by atoms with Gasteiger partial charge in [0, 0.05) is 11.1 Å². The summed E-state index contributed by atoms with van der Waals surface area (Å²) in [5, 5.41) is 7.90. The summed E-state index contributed by atoms with van der Waals surface area (Å²) >= 11 is 0. The van der Waals surface area contributed by atoms with Crippen LogP contribution in [0.1, 0.15) is 45.7 Å². The quantitative estimate of drug-likeness (QED) is 0.320. The van der Waals surface area contributed by atoms with Crippen molar-refractivity contribution in [3.63, 3.8) is 0 Å². The zero-order chi connectivity index (χ0) is 30.0. The fourth-order valence-corrected chi connectivity index (χ4v) is 5.29. The molecule has 8 nitrogen and oxygen atoms in total. The molecule has 0 saturated heterocycles. The van der Waals surface area contributed by atoms with Gasteiger partial charge >= 0.3 is 0 Å². The van der Waals surface area contributed by atoms with Gasteiger partial charge in [0.1, 0.15) is 6.04 Å². The van der Waals surface area contributed by atoms with Crippen LogP contribution in [0.15, 0.2) is 84.9 Å². The number of Topliss-reactive ketones (excluding diaryl/α,β-unsaturated/α-hetero) is 1. The summed E-state index contributed by atoms with van der Waals surface area (Å²) in [6.45, 7) is 5.40. The predicted molar refractivity (Wildman–Crippen MR) is 165 cm³/mol. The normalized spacial score (nSPS) is 15.6. The number of nitrogens with zero attached hydrogens (tertiary/aromatic N) is 2. The van der Waals surface area contributed by atoms with E-state index in [1.807, 2.05) is 61.5 Å². The smallest absolute Gasteiger partial charge is 0.258 e. The number of likely N-dealkylation sites (N-methyl/N-ethyl adjacent to an activating group) is 1. The second kappa shape index (κ2) is 12.0. The van der Waals surface area contributed by atoms with Crippen molar-refractivity contribution in [2.45, 2.75) is 39.4 Å². The summed E-state index contributed by atoms with van der Waals surface area (Å²) < 4.78 is 0. The fourth-order valence-electron chi connectivity index (χ4n) is 5.29. The summed E-state index contributed by atoms with van der Waals surface area (Å²) in [4.78, 5) is 56.4. The number of rotatable bonds is 7. The first kappa shape index (κ1) is 28.7. The van der Waals surface area contributed by atoms with Gasteiger partial charge in [-0.1, -0.05) is 60.7 Å². The van der Waals surface area contributed by atoms with E-state index in [0.717, 1.165) is 21.9 Å². The predicted octanol–water partition coefficient (Wildman–Crippen LogP) is 4.64. The lowest BCUT2D eigenvalue weighted by atomic mass is 9.99. The maximum absolute atomic E-state index is 14.3. The number of hydrogen-bond donors (Lipinski definition) is 2. The van der Waals surface area contributed by atoms with E-state index in [9.17, 15) is 19.2 Å². The SMILES string of the molecule is CN[C@@H](C)C(=O)N[C@H]1CN(C(=O)c2ccc(C(C)=O)cc2)c2ccccc2N(Cc2c(C)ccc3ccccc23)C1=O. The van der Waals surface area contributed by atoms with Crippen LogP contribution in [0.3, 0.4) is 0 Å². The van der Waals surface area contributed by atoms with E-state index in [1.54, 1.807) is 48.0 Å². The molecule has 1 heterocycles. The van der Waals surface area contributed by atoms with Crippen LogP contribution in [0.25, 0.3) is 10.8 Å². The highest BCUT2D eigenvalue weighted by molar-refractivity contribution is 6.13. The standard InChI is InChI=1S/C34H34N4O4/c1-21-13-14-25-9-5-6-10-27(25)28(21)19-37-30-11-7-8-12-31(30)38(20-29(34(37)42)36-32(40)22(2)35-4)33(41)26-17-15-24(16-18-26)23(3)39/h5-18,22,29,35H,19-20H2,1-4H3,(H,36,40)/t22-,29-/m0/s1. The number of anilines is 2. The highest BCUT2D eigenvalue weighted by atomic mass is 16.2. The molecule has 0 saturated carbocycles. The zero-order valence-electron chi connectivity index (χ0n) is 24.2. The van der Waals surface area contributed by atoms with Crippen LogP contribution < -0.4 is 20.4 Å². The van der Waals surface area contributed by atoms with E-state index in [2.05, 4.69) is 16.7 Å². The molecule has 3 amide bonds. The molecular formula is C34H34N4O4. The van der Waals surface area contributed by atoms with Gasteiger partial charge in [-0.2, -0.15) is 0 Å². The number of benzene rings is 4. The van der Waals surface area contributed by atoms with E-state index >= 15 is 0 Å². The van der Waals surface area contributed by atoms with Gasteiger partial charge in [0.25, 0.3) is 11.8 Å². The Morgan fingerprint density at radius 3 is 2.21 bits per heavy atom. The first-order chi connectivity index (χ1) is 20.2. The molecule has 1 aliphatic heterocycles. The van der Waals surface area contributed by atoms with Crippen LogP contribution in [-0.2, 0) is 16.1 Å². The monoisotopic (exact) mass is 562 g/mol. The summed E-state index contributed by atoms with van der Waals surface area (Å²) in [5.41, 5.74) is 4.02. The van der Waals surface area contributed by atoms with Gasteiger partial charge in [-0.05, 0) is 74.0 Å². The van der Waals surface area contributed by atoms with Gasteiger partial charge in [-0.25, -0.2) is 0 Å². The molecule has 0 fully saturated rings. The highest BCUT2D eigenvalue weighted by Crippen LogP contribution is 2.36. The Hall–Kier alpha value is -4.82. The summed E-state index contributed by atoms with van der Waals surface area (Å²) in [5.74, 6) is -1.09. The molecule has 42 heavy (non-hydrogen) atoms. The van der Waals surface area contributed by atoms with E-state index < -0.39 is 12.1 Å². The molecule has 4 aromatic rings. The minimum Gasteiger partial charge on any atom is -0.341 e. The number of amides is 3. The van der Waals surface area contributed by atoms with Crippen molar-refractivity contribution >= 4 is 45.7 Å². The Bertz CT molecular complexity index is 1680. The Balaban J connectivity index is 1.62. The fraction of sp³-hybridized carbons (Fsp3) is 0.235. The second-order valence-electron chi connectivity index (χ2n) is 10.6. The number of aryl methyl sites for hydroxylation is 1. The van der Waals surface area contributed by atoms with Crippen LogP contribution in [0.2, 0.25) is 0 Å². The van der Waals surface area contributed by atoms with Crippen molar-refractivity contribution in [2.75, 3.05) is 23.4 Å². The molecule has 0 aromatic heterocycles. The molecule has 2 N–H and O–H groups in total. The van der Waals surface area contributed by atoms with Crippen LogP contribution in [0.4, 0.5) is 11.4 Å². The Morgan fingerprint density at radius 2 is 1.52 bits per heavy atom. The molecule has 8 heteroatoms. The Kier molecular flexibility index (Phi) is 8.17. The molecule has 0 unspecified atom stereocenters. The highest BCUT2D eigenvalue weighted by Gasteiger charge is 2.38. The number of carbonyl (C=O) groups is 4. The van der Waals surface area contributed by atoms with Gasteiger partial charge in [-0.3, -0.25) is 19.2 Å². The van der Waals surface area contributed by atoms with Gasteiger partial charge in [0.05, 0.1) is 30.5 Å². The van der Waals surface area contributed by atoms with Crippen LogP contribution in [-0.4, -0.2) is 49.2 Å². The average Bonchev–Trinajstić information content (AvgIpc) is 3.12. The molecule has 0 aliphatic carbocycles. The van der Waals surface area contributed by atoms with Crippen molar-refractivity contribution in [1.82, 2.24) is 10.6 Å². The summed E-state index contributed by atoms with van der Waals surface area (Å²) in [6, 6.07) is 24.4. The maximum atomic E-state index is 14.3. The first-order valence-electron chi connectivity index (χ1n) is 14.0. The number of ketones is 1. The van der Waals surface area contributed by atoms with E-state index in [1.165, 1.54) is 6.92 Å². The third kappa shape index (κ3) is 5.53. The molecule has 214 valence electrons. The van der Waals surface area contributed by atoms with Gasteiger partial charge in [-0.15, -0.1) is 0 Å². The second-order valence-corrected chi connectivity index (χ2v) is 10.6. The number of hydrogen-bond acceptors (Lipinski definition) is 5. The largest absolute Gasteiger partial charge is 0.341 e. The van der Waals surface area contributed by atoms with Crippen molar-refractivity contribution < 1.29 is 19.2 Å². The summed E-state index contributed by atoms with van der Waals surface area (Å²) in [7, 11) is 1.67. The number of para-hydroxylation sites is 2. The lowest BCUT2D eigenvalue weighted by molar-refractivity contribution is -0.128. The Labute approximate surface area is 245 Å². The molecule has 1 aliphatic rings. The van der Waals surface area contributed by atoms with Crippen molar-refractivity contribution in [3.8, 4) is 0 Å². The molecule has 5 rings (SSSR count). The van der Waals surface area contributed by atoms with E-state index in [-0.39, 0.29) is 36.6 Å². The molecular weight excluding hydrogens is 528 g/mol. The third-order valence-corrected chi connectivity index (χ3v) is 7.91. The van der Waals surface area contributed by atoms with Crippen LogP contribution in [0.5, 0.6) is 0 Å². The lowest BCUT2D eigenvalue weighted by Crippen LogP contribution is -2.55. The minimum absolute atomic E-state index is 0.0592. The van der Waals surface area contributed by atoms with Gasteiger partial charge < -0.3 is 20.4 Å². The number of carbonyl (C=O) groups excluding carboxylic acids is 4. The molecule has 0 radical (unpaired) electrons. The molecule has 0 spiro atoms. The first-order valence-corrected chi connectivity index (χ1v) is 14.0. The van der Waals surface area contributed by atoms with Crippen molar-refractivity contribution in [2.24, 2.45) is 0 Å². The van der Waals surface area contributed by atoms with E-state index in [4.69, 9.17) is 0 Å². The van der Waals surface area contributed by atoms with Crippen LogP contribution >= 0.6 is 0 Å². The Morgan fingerprint density at radius 1 is 0.881 bits per heavy atom. The maximum Gasteiger partial charge on any atom is 0.258 e. The summed E-state index contributed by atoms with van der Waals surface area (Å²) in [6.07, 6.45) is 0. The van der Waals surface area contributed by atoms with Crippen molar-refractivity contribution in [3.05, 3.63) is 107 Å². The third-order valence-electron chi connectivity index (χ3n) is 7.91. The molecule has 2 atom stereocenters. The van der Waals surface area contributed by atoms with Crippen LogP contribution in [0, 0.1) is 6.92 Å². The number of nitrogens with one attached hydrogen (secondary N) is 2. The van der Waals surface area contributed by atoms with E-state index in [0.29, 0.717) is 22.5 Å².